The maximum atomic E-state index is 13.2. The molecule has 1 heterocycles. The zero-order chi connectivity index (χ0) is 23.5. The third-order valence-electron chi connectivity index (χ3n) is 6.37. The van der Waals surface area contributed by atoms with Crippen LogP contribution < -0.4 is 0 Å². The second kappa shape index (κ2) is 9.41. The van der Waals surface area contributed by atoms with Crippen LogP contribution in [0.25, 0.3) is 21.9 Å². The number of amides is 1. The molecule has 1 amide bonds. The molecule has 5 rings (SSSR count). The molecule has 1 aliphatic rings. The highest BCUT2D eigenvalue weighted by Gasteiger charge is 2.30. The molecule has 6 heteroatoms. The van der Waals surface area contributed by atoms with E-state index in [1.807, 2.05) is 72.8 Å². The summed E-state index contributed by atoms with van der Waals surface area (Å²) in [5.41, 5.74) is 3.21. The molecular weight excluding hydrogens is 444 g/mol. The summed E-state index contributed by atoms with van der Waals surface area (Å²) in [4.78, 5) is 14.9. The van der Waals surface area contributed by atoms with Crippen LogP contribution in [0.4, 0.5) is 0 Å². The van der Waals surface area contributed by atoms with E-state index in [0.717, 1.165) is 27.5 Å². The molecule has 34 heavy (non-hydrogen) atoms. The predicted octanol–water partition coefficient (Wildman–Crippen LogP) is 4.58. The Labute approximate surface area is 200 Å². The minimum atomic E-state index is -3.60. The van der Waals surface area contributed by atoms with E-state index < -0.39 is 10.0 Å². The minimum absolute atomic E-state index is 0.0233. The third-order valence-corrected chi connectivity index (χ3v) is 8.26. The molecule has 172 valence electrons. The van der Waals surface area contributed by atoms with Gasteiger partial charge >= 0.3 is 0 Å². The summed E-state index contributed by atoms with van der Waals surface area (Å²) in [6, 6.07) is 31.1. The number of piperazine rings is 1. The monoisotopic (exact) mass is 470 g/mol. The van der Waals surface area contributed by atoms with Gasteiger partial charge < -0.3 is 4.90 Å². The number of hydrogen-bond acceptors (Lipinski definition) is 3. The highest BCUT2D eigenvalue weighted by atomic mass is 32.2. The molecule has 1 fully saturated rings. The van der Waals surface area contributed by atoms with Gasteiger partial charge in [-0.1, -0.05) is 84.9 Å². The van der Waals surface area contributed by atoms with Crippen LogP contribution >= 0.6 is 0 Å². The molecule has 0 atom stereocenters. The molecular formula is C28H26N2O3S. The topological polar surface area (TPSA) is 57.7 Å². The second-order valence-electron chi connectivity index (χ2n) is 8.53. The normalized spacial score (nSPS) is 14.9. The fourth-order valence-electron chi connectivity index (χ4n) is 4.39. The molecule has 1 saturated heterocycles. The van der Waals surface area contributed by atoms with Gasteiger partial charge in [0.2, 0.25) is 15.9 Å². The Morgan fingerprint density at radius 2 is 1.29 bits per heavy atom. The van der Waals surface area contributed by atoms with Crippen LogP contribution in [-0.4, -0.2) is 49.7 Å². The van der Waals surface area contributed by atoms with Crippen LogP contribution in [0, 0.1) is 0 Å². The number of fused-ring (bicyclic) bond motifs is 1. The van der Waals surface area contributed by atoms with Crippen LogP contribution in [-0.2, 0) is 21.2 Å². The van der Waals surface area contributed by atoms with Crippen LogP contribution in [0.3, 0.4) is 0 Å². The summed E-state index contributed by atoms with van der Waals surface area (Å²) in [5.74, 6) is 0.0233. The van der Waals surface area contributed by atoms with Crippen LogP contribution in [0.15, 0.2) is 102 Å². The lowest BCUT2D eigenvalue weighted by Crippen LogP contribution is -2.50. The SMILES string of the molecule is O=C(Cc1ccc(-c2ccccc2)cc1)N1CCN(S(=O)(=O)c2ccc3ccccc3c2)CC1. The van der Waals surface area contributed by atoms with E-state index in [2.05, 4.69) is 12.1 Å². The maximum absolute atomic E-state index is 13.2. The minimum Gasteiger partial charge on any atom is -0.340 e. The van der Waals surface area contributed by atoms with Crippen LogP contribution in [0.2, 0.25) is 0 Å². The number of carbonyl (C=O) groups is 1. The summed E-state index contributed by atoms with van der Waals surface area (Å²) in [6.07, 6.45) is 0.312. The highest BCUT2D eigenvalue weighted by molar-refractivity contribution is 7.89. The van der Waals surface area contributed by atoms with Crippen molar-refractivity contribution in [2.75, 3.05) is 26.2 Å². The Hall–Kier alpha value is -3.48. The van der Waals surface area contributed by atoms with Gasteiger partial charge in [0.05, 0.1) is 11.3 Å². The number of sulfonamides is 1. The lowest BCUT2D eigenvalue weighted by molar-refractivity contribution is -0.131. The standard InChI is InChI=1S/C28H26N2O3S/c31-28(20-22-10-12-25(13-11-22)23-6-2-1-3-7-23)29-16-18-30(19-17-29)34(32,33)27-15-14-24-8-4-5-9-26(24)21-27/h1-15,21H,16-20H2. The first kappa shape index (κ1) is 22.3. The quantitative estimate of drug-likeness (QED) is 0.429. The van der Waals surface area contributed by atoms with Crippen molar-refractivity contribution < 1.29 is 13.2 Å². The van der Waals surface area contributed by atoms with Gasteiger partial charge in [-0.2, -0.15) is 4.31 Å². The van der Waals surface area contributed by atoms with Crippen molar-refractivity contribution in [3.63, 3.8) is 0 Å². The van der Waals surface area contributed by atoms with E-state index in [4.69, 9.17) is 0 Å². The average molecular weight is 471 g/mol. The second-order valence-corrected chi connectivity index (χ2v) is 10.5. The van der Waals surface area contributed by atoms with Crippen LogP contribution in [0.1, 0.15) is 5.56 Å². The van der Waals surface area contributed by atoms with Gasteiger partial charge in [0, 0.05) is 26.2 Å². The zero-order valence-electron chi connectivity index (χ0n) is 18.8. The van der Waals surface area contributed by atoms with Gasteiger partial charge in [0.1, 0.15) is 0 Å². The zero-order valence-corrected chi connectivity index (χ0v) is 19.6. The van der Waals surface area contributed by atoms with Crippen molar-refractivity contribution in [3.05, 3.63) is 103 Å². The highest BCUT2D eigenvalue weighted by Crippen LogP contribution is 2.23. The maximum Gasteiger partial charge on any atom is 0.243 e. The molecule has 0 radical (unpaired) electrons. The van der Waals surface area contributed by atoms with Crippen molar-refractivity contribution in [3.8, 4) is 11.1 Å². The molecule has 4 aromatic rings. The fourth-order valence-corrected chi connectivity index (χ4v) is 5.84. The molecule has 5 nitrogen and oxygen atoms in total. The Morgan fingerprint density at radius 3 is 2.00 bits per heavy atom. The first-order valence-electron chi connectivity index (χ1n) is 11.4. The summed E-state index contributed by atoms with van der Waals surface area (Å²) in [6.45, 7) is 1.39. The number of hydrogen-bond donors (Lipinski definition) is 0. The number of nitrogens with zero attached hydrogens (tertiary/aromatic N) is 2. The van der Waals surface area contributed by atoms with Gasteiger partial charge in [-0.05, 0) is 39.6 Å². The lowest BCUT2D eigenvalue weighted by Gasteiger charge is -2.34. The van der Waals surface area contributed by atoms with Crippen molar-refractivity contribution >= 4 is 26.7 Å². The molecule has 4 aromatic carbocycles. The number of benzene rings is 4. The lowest BCUT2D eigenvalue weighted by atomic mass is 10.0. The summed E-state index contributed by atoms with van der Waals surface area (Å²) < 4.78 is 27.8. The van der Waals surface area contributed by atoms with Gasteiger partial charge in [0.25, 0.3) is 0 Å². The van der Waals surface area contributed by atoms with Crippen molar-refractivity contribution in [2.45, 2.75) is 11.3 Å². The smallest absolute Gasteiger partial charge is 0.243 e. The van der Waals surface area contributed by atoms with Gasteiger partial charge in [-0.25, -0.2) is 8.42 Å². The predicted molar refractivity (Wildman–Crippen MR) is 135 cm³/mol. The van der Waals surface area contributed by atoms with E-state index in [0.29, 0.717) is 37.5 Å². The molecule has 0 bridgehead atoms. The molecule has 0 unspecified atom stereocenters. The Morgan fingerprint density at radius 1 is 0.676 bits per heavy atom. The van der Waals surface area contributed by atoms with E-state index in [9.17, 15) is 13.2 Å². The molecule has 0 aliphatic carbocycles. The van der Waals surface area contributed by atoms with E-state index in [1.165, 1.54) is 4.31 Å². The molecule has 0 spiro atoms. The fraction of sp³-hybridized carbons (Fsp3) is 0.179. The van der Waals surface area contributed by atoms with Gasteiger partial charge in [-0.3, -0.25) is 4.79 Å². The van der Waals surface area contributed by atoms with Crippen molar-refractivity contribution in [1.82, 2.24) is 9.21 Å². The Balaban J connectivity index is 1.21. The van der Waals surface area contributed by atoms with E-state index in [1.54, 1.807) is 17.0 Å². The average Bonchev–Trinajstić information content (AvgIpc) is 2.89. The van der Waals surface area contributed by atoms with E-state index in [-0.39, 0.29) is 5.91 Å². The summed E-state index contributed by atoms with van der Waals surface area (Å²) in [7, 11) is -3.60. The molecule has 1 aliphatic heterocycles. The van der Waals surface area contributed by atoms with Crippen molar-refractivity contribution in [2.24, 2.45) is 0 Å². The van der Waals surface area contributed by atoms with Gasteiger partial charge in [0.15, 0.2) is 0 Å². The summed E-state index contributed by atoms with van der Waals surface area (Å²) >= 11 is 0. The Kier molecular flexibility index (Phi) is 6.18. The Bertz CT molecular complexity index is 1410. The van der Waals surface area contributed by atoms with E-state index >= 15 is 0 Å². The van der Waals surface area contributed by atoms with Crippen LogP contribution in [0.5, 0.6) is 0 Å². The molecule has 0 aromatic heterocycles. The molecule has 0 N–H and O–H groups in total. The van der Waals surface area contributed by atoms with Gasteiger partial charge in [-0.15, -0.1) is 0 Å². The number of rotatable bonds is 5. The summed E-state index contributed by atoms with van der Waals surface area (Å²) in [5, 5.41) is 1.91. The molecule has 0 saturated carbocycles. The first-order chi connectivity index (χ1) is 16.5. The van der Waals surface area contributed by atoms with Crippen molar-refractivity contribution in [1.29, 1.82) is 0 Å². The third kappa shape index (κ3) is 4.60. The number of carbonyl (C=O) groups excluding carboxylic acids is 1. The largest absolute Gasteiger partial charge is 0.340 e. The first-order valence-corrected chi connectivity index (χ1v) is 12.9.